The summed E-state index contributed by atoms with van der Waals surface area (Å²) in [6, 6.07) is 5.43. The van der Waals surface area contributed by atoms with Crippen LogP contribution in [0.2, 0.25) is 0 Å². The van der Waals surface area contributed by atoms with Gasteiger partial charge in [0.25, 0.3) is 0 Å². The lowest BCUT2D eigenvalue weighted by molar-refractivity contribution is -0.137. The standard InChI is InChI=1S/C15H20F3N/c1-4-19-10-13(11(2)3)8-12-6-5-7-14(9-12)15(16,17)18/h5-9,11,19H,4,10H2,1-3H3. The van der Waals surface area contributed by atoms with E-state index in [9.17, 15) is 13.2 Å². The number of benzene rings is 1. The minimum Gasteiger partial charge on any atom is -0.313 e. The molecule has 0 atom stereocenters. The Labute approximate surface area is 112 Å². The second-order valence-corrected chi connectivity index (χ2v) is 4.78. The van der Waals surface area contributed by atoms with E-state index >= 15 is 0 Å². The Kier molecular flexibility index (Phi) is 5.60. The maximum atomic E-state index is 12.6. The van der Waals surface area contributed by atoms with Crippen molar-refractivity contribution in [1.82, 2.24) is 5.32 Å². The van der Waals surface area contributed by atoms with Crippen LogP contribution in [0.1, 0.15) is 31.9 Å². The Morgan fingerprint density at radius 3 is 2.53 bits per heavy atom. The maximum absolute atomic E-state index is 12.6. The fraction of sp³-hybridized carbons (Fsp3) is 0.467. The summed E-state index contributed by atoms with van der Waals surface area (Å²) in [5, 5.41) is 3.20. The van der Waals surface area contributed by atoms with Crippen LogP contribution < -0.4 is 5.32 Å². The third-order valence-corrected chi connectivity index (χ3v) is 2.89. The zero-order chi connectivity index (χ0) is 14.5. The molecule has 0 spiro atoms. The number of likely N-dealkylation sites (N-methyl/N-ethyl adjacent to an activating group) is 1. The second kappa shape index (κ2) is 6.75. The zero-order valence-corrected chi connectivity index (χ0v) is 11.5. The van der Waals surface area contributed by atoms with E-state index in [-0.39, 0.29) is 0 Å². The van der Waals surface area contributed by atoms with E-state index in [0.717, 1.165) is 18.2 Å². The van der Waals surface area contributed by atoms with Gasteiger partial charge < -0.3 is 5.32 Å². The van der Waals surface area contributed by atoms with Crippen molar-refractivity contribution in [2.75, 3.05) is 13.1 Å². The van der Waals surface area contributed by atoms with Gasteiger partial charge in [-0.05, 0) is 30.2 Å². The Morgan fingerprint density at radius 2 is 2.00 bits per heavy atom. The summed E-state index contributed by atoms with van der Waals surface area (Å²) in [6.45, 7) is 7.62. The SMILES string of the molecule is CCNCC(=Cc1cccc(C(F)(F)F)c1)C(C)C. The molecule has 0 saturated heterocycles. The number of halogens is 3. The third kappa shape index (κ3) is 5.07. The molecule has 106 valence electrons. The summed E-state index contributed by atoms with van der Waals surface area (Å²) in [6.07, 6.45) is -2.45. The molecule has 0 aromatic heterocycles. The van der Waals surface area contributed by atoms with Crippen LogP contribution in [0.4, 0.5) is 13.2 Å². The molecule has 1 rings (SSSR count). The number of rotatable bonds is 5. The van der Waals surface area contributed by atoms with E-state index in [1.807, 2.05) is 26.8 Å². The highest BCUT2D eigenvalue weighted by Crippen LogP contribution is 2.30. The van der Waals surface area contributed by atoms with Gasteiger partial charge in [-0.2, -0.15) is 13.2 Å². The third-order valence-electron chi connectivity index (χ3n) is 2.89. The summed E-state index contributed by atoms with van der Waals surface area (Å²) >= 11 is 0. The molecule has 0 unspecified atom stereocenters. The van der Waals surface area contributed by atoms with Gasteiger partial charge in [0.15, 0.2) is 0 Å². The fourth-order valence-electron chi connectivity index (χ4n) is 1.71. The second-order valence-electron chi connectivity index (χ2n) is 4.78. The van der Waals surface area contributed by atoms with E-state index in [0.29, 0.717) is 18.0 Å². The highest BCUT2D eigenvalue weighted by molar-refractivity contribution is 5.54. The first-order chi connectivity index (χ1) is 8.84. The molecule has 1 N–H and O–H groups in total. The van der Waals surface area contributed by atoms with Gasteiger partial charge in [0, 0.05) is 6.54 Å². The van der Waals surface area contributed by atoms with E-state index in [1.54, 1.807) is 6.07 Å². The lowest BCUT2D eigenvalue weighted by Gasteiger charge is -2.13. The molecule has 1 aromatic rings. The molecule has 19 heavy (non-hydrogen) atoms. The van der Waals surface area contributed by atoms with Gasteiger partial charge >= 0.3 is 6.18 Å². The van der Waals surface area contributed by atoms with Gasteiger partial charge in [-0.15, -0.1) is 0 Å². The molecule has 0 saturated carbocycles. The Hall–Kier alpha value is -1.29. The lowest BCUT2D eigenvalue weighted by atomic mass is 9.99. The largest absolute Gasteiger partial charge is 0.416 e. The predicted octanol–water partition coefficient (Wildman–Crippen LogP) is 4.35. The minimum atomic E-state index is -4.29. The molecule has 0 bridgehead atoms. The molecule has 0 aliphatic carbocycles. The number of alkyl halides is 3. The Bertz CT molecular complexity index is 433. The topological polar surface area (TPSA) is 12.0 Å². The Morgan fingerprint density at radius 1 is 1.32 bits per heavy atom. The lowest BCUT2D eigenvalue weighted by Crippen LogP contribution is -2.18. The van der Waals surface area contributed by atoms with Crippen molar-refractivity contribution in [3.05, 3.63) is 41.0 Å². The van der Waals surface area contributed by atoms with E-state index in [1.165, 1.54) is 12.1 Å². The summed E-state index contributed by atoms with van der Waals surface area (Å²) in [5.41, 5.74) is 1.09. The average Bonchev–Trinajstić information content (AvgIpc) is 2.33. The number of hydrogen-bond acceptors (Lipinski definition) is 1. The van der Waals surface area contributed by atoms with Crippen LogP contribution in [0.25, 0.3) is 6.08 Å². The summed E-state index contributed by atoms with van der Waals surface area (Å²) < 4.78 is 37.9. The Balaban J connectivity index is 3.01. The molecule has 1 aromatic carbocycles. The monoisotopic (exact) mass is 271 g/mol. The highest BCUT2D eigenvalue weighted by Gasteiger charge is 2.30. The van der Waals surface area contributed by atoms with Crippen molar-refractivity contribution < 1.29 is 13.2 Å². The van der Waals surface area contributed by atoms with Gasteiger partial charge in [0.1, 0.15) is 0 Å². The van der Waals surface area contributed by atoms with Crippen LogP contribution in [0, 0.1) is 5.92 Å². The maximum Gasteiger partial charge on any atom is 0.416 e. The molecule has 0 heterocycles. The molecular formula is C15H20F3N. The zero-order valence-electron chi connectivity index (χ0n) is 11.5. The predicted molar refractivity (Wildman–Crippen MR) is 72.8 cm³/mol. The van der Waals surface area contributed by atoms with Crippen molar-refractivity contribution in [2.24, 2.45) is 5.92 Å². The van der Waals surface area contributed by atoms with Gasteiger partial charge in [0.05, 0.1) is 5.56 Å². The van der Waals surface area contributed by atoms with Crippen LogP contribution in [0.3, 0.4) is 0 Å². The van der Waals surface area contributed by atoms with Crippen LogP contribution in [-0.2, 0) is 6.18 Å². The van der Waals surface area contributed by atoms with Crippen LogP contribution in [0.5, 0.6) is 0 Å². The average molecular weight is 271 g/mol. The number of nitrogens with one attached hydrogen (secondary N) is 1. The van der Waals surface area contributed by atoms with Gasteiger partial charge in [-0.25, -0.2) is 0 Å². The first kappa shape index (κ1) is 15.8. The normalized spacial score (nSPS) is 13.1. The van der Waals surface area contributed by atoms with Crippen LogP contribution in [-0.4, -0.2) is 13.1 Å². The van der Waals surface area contributed by atoms with Crippen molar-refractivity contribution >= 4 is 6.08 Å². The summed E-state index contributed by atoms with van der Waals surface area (Å²) in [4.78, 5) is 0. The van der Waals surface area contributed by atoms with Crippen molar-refractivity contribution in [2.45, 2.75) is 26.9 Å². The quantitative estimate of drug-likeness (QED) is 0.839. The highest BCUT2D eigenvalue weighted by atomic mass is 19.4. The van der Waals surface area contributed by atoms with Crippen LogP contribution in [0.15, 0.2) is 29.8 Å². The molecule has 0 aliphatic rings. The molecule has 1 nitrogen and oxygen atoms in total. The van der Waals surface area contributed by atoms with Crippen molar-refractivity contribution in [1.29, 1.82) is 0 Å². The van der Waals surface area contributed by atoms with Gasteiger partial charge in [0.2, 0.25) is 0 Å². The molecular weight excluding hydrogens is 251 g/mol. The molecule has 0 radical (unpaired) electrons. The van der Waals surface area contributed by atoms with E-state index in [2.05, 4.69) is 5.32 Å². The molecule has 4 heteroatoms. The first-order valence-corrected chi connectivity index (χ1v) is 6.43. The minimum absolute atomic E-state index is 0.300. The number of hydrogen-bond donors (Lipinski definition) is 1. The summed E-state index contributed by atoms with van der Waals surface area (Å²) in [7, 11) is 0. The smallest absolute Gasteiger partial charge is 0.313 e. The van der Waals surface area contributed by atoms with Crippen LogP contribution >= 0.6 is 0 Å². The molecule has 0 fully saturated rings. The van der Waals surface area contributed by atoms with E-state index < -0.39 is 11.7 Å². The van der Waals surface area contributed by atoms with Crippen molar-refractivity contribution in [3.8, 4) is 0 Å². The van der Waals surface area contributed by atoms with Gasteiger partial charge in [-0.3, -0.25) is 0 Å². The van der Waals surface area contributed by atoms with Gasteiger partial charge in [-0.1, -0.05) is 44.6 Å². The molecule has 0 aliphatic heterocycles. The fourth-order valence-corrected chi connectivity index (χ4v) is 1.71. The first-order valence-electron chi connectivity index (χ1n) is 6.43. The van der Waals surface area contributed by atoms with E-state index in [4.69, 9.17) is 0 Å². The van der Waals surface area contributed by atoms with Crippen molar-refractivity contribution in [3.63, 3.8) is 0 Å². The summed E-state index contributed by atoms with van der Waals surface area (Å²) in [5.74, 6) is 0.300. The molecule has 0 amide bonds.